The minimum Gasteiger partial charge on any atom is -0.396 e. The molecule has 19 heavy (non-hydrogen) atoms. The van der Waals surface area contributed by atoms with Crippen LogP contribution >= 0.6 is 0 Å². The molecule has 3 N–H and O–H groups in total. The van der Waals surface area contributed by atoms with Crippen LogP contribution in [0.5, 0.6) is 0 Å². The molecule has 2 heterocycles. The van der Waals surface area contributed by atoms with Crippen molar-refractivity contribution < 1.29 is 10.0 Å². The fourth-order valence-corrected chi connectivity index (χ4v) is 2.55. The topological polar surface area (TPSA) is 106 Å². The molecule has 0 radical (unpaired) electrons. The number of pyridine rings is 1. The van der Waals surface area contributed by atoms with Gasteiger partial charge in [0.05, 0.1) is 4.92 Å². The van der Waals surface area contributed by atoms with E-state index in [1.807, 2.05) is 4.90 Å². The first-order valence-electron chi connectivity index (χ1n) is 6.42. The van der Waals surface area contributed by atoms with E-state index in [4.69, 9.17) is 10.8 Å². The maximum atomic E-state index is 11.1. The maximum Gasteiger partial charge on any atom is 0.311 e. The SMILES string of the molecule is Nc1ccc([N+](=O)[O-])c(N2CCCC2CCCO)n1. The Morgan fingerprint density at radius 2 is 2.37 bits per heavy atom. The highest BCUT2D eigenvalue weighted by Crippen LogP contribution is 2.33. The van der Waals surface area contributed by atoms with Crippen molar-refractivity contribution >= 4 is 17.3 Å². The van der Waals surface area contributed by atoms with E-state index in [-0.39, 0.29) is 24.2 Å². The average Bonchev–Trinajstić information content (AvgIpc) is 2.83. The largest absolute Gasteiger partial charge is 0.396 e. The van der Waals surface area contributed by atoms with Crippen LogP contribution in [0.15, 0.2) is 12.1 Å². The number of aromatic nitrogens is 1. The van der Waals surface area contributed by atoms with Crippen molar-refractivity contribution in [3.05, 3.63) is 22.2 Å². The van der Waals surface area contributed by atoms with Crippen LogP contribution in [-0.4, -0.2) is 34.2 Å². The summed E-state index contributed by atoms with van der Waals surface area (Å²) in [6.07, 6.45) is 3.44. The Kier molecular flexibility index (Phi) is 4.16. The molecule has 1 atom stereocenters. The Morgan fingerprint density at radius 1 is 1.58 bits per heavy atom. The summed E-state index contributed by atoms with van der Waals surface area (Å²) < 4.78 is 0. The van der Waals surface area contributed by atoms with Gasteiger partial charge in [-0.25, -0.2) is 4.98 Å². The molecule has 1 aromatic rings. The standard InChI is InChI=1S/C12H18N4O3/c13-11-6-5-10(16(18)19)12(14-11)15-7-1-3-9(15)4-2-8-17/h5-6,9,17H,1-4,7-8H2,(H2,13,14). The predicted molar refractivity (Wildman–Crippen MR) is 72.0 cm³/mol. The molecule has 7 nitrogen and oxygen atoms in total. The fraction of sp³-hybridized carbons (Fsp3) is 0.583. The first kappa shape index (κ1) is 13.5. The fourth-order valence-electron chi connectivity index (χ4n) is 2.55. The molecule has 0 aliphatic carbocycles. The van der Waals surface area contributed by atoms with Crippen LogP contribution in [0, 0.1) is 10.1 Å². The monoisotopic (exact) mass is 266 g/mol. The Balaban J connectivity index is 2.28. The van der Waals surface area contributed by atoms with E-state index >= 15 is 0 Å². The molecular weight excluding hydrogens is 248 g/mol. The Hall–Kier alpha value is -1.89. The number of anilines is 2. The summed E-state index contributed by atoms with van der Waals surface area (Å²) in [5, 5.41) is 20.0. The van der Waals surface area contributed by atoms with E-state index in [0.29, 0.717) is 12.2 Å². The van der Waals surface area contributed by atoms with Crippen LogP contribution < -0.4 is 10.6 Å². The van der Waals surface area contributed by atoms with Crippen molar-refractivity contribution in [1.82, 2.24) is 4.98 Å². The maximum absolute atomic E-state index is 11.1. The third-order valence-electron chi connectivity index (χ3n) is 3.42. The van der Waals surface area contributed by atoms with Gasteiger partial charge in [0.25, 0.3) is 0 Å². The quantitative estimate of drug-likeness (QED) is 0.615. The summed E-state index contributed by atoms with van der Waals surface area (Å²) in [5.41, 5.74) is 5.63. The van der Waals surface area contributed by atoms with Gasteiger partial charge < -0.3 is 15.7 Å². The summed E-state index contributed by atoms with van der Waals surface area (Å²) in [6.45, 7) is 0.879. The molecule has 2 rings (SSSR count). The van der Waals surface area contributed by atoms with Crippen molar-refractivity contribution in [1.29, 1.82) is 0 Å². The number of hydrogen-bond acceptors (Lipinski definition) is 6. The van der Waals surface area contributed by atoms with Crippen LogP contribution in [0.3, 0.4) is 0 Å². The summed E-state index contributed by atoms with van der Waals surface area (Å²) in [6, 6.07) is 3.04. The van der Waals surface area contributed by atoms with Gasteiger partial charge in [0.1, 0.15) is 5.82 Å². The molecule has 1 fully saturated rings. The van der Waals surface area contributed by atoms with Crippen LogP contribution in [-0.2, 0) is 0 Å². The first-order chi connectivity index (χ1) is 9.13. The van der Waals surface area contributed by atoms with Gasteiger partial charge in [0.15, 0.2) is 0 Å². The third kappa shape index (κ3) is 2.93. The lowest BCUT2D eigenvalue weighted by atomic mass is 10.1. The molecule has 0 amide bonds. The molecule has 104 valence electrons. The Morgan fingerprint density at radius 3 is 3.05 bits per heavy atom. The lowest BCUT2D eigenvalue weighted by Crippen LogP contribution is -2.31. The zero-order chi connectivity index (χ0) is 13.8. The molecule has 1 saturated heterocycles. The second-order valence-electron chi connectivity index (χ2n) is 4.69. The van der Waals surface area contributed by atoms with Crippen molar-refractivity contribution in [3.8, 4) is 0 Å². The van der Waals surface area contributed by atoms with Gasteiger partial charge in [0, 0.05) is 25.3 Å². The first-order valence-corrected chi connectivity index (χ1v) is 6.42. The van der Waals surface area contributed by atoms with E-state index in [0.717, 1.165) is 25.8 Å². The number of nitrogens with two attached hydrogens (primary N) is 1. The van der Waals surface area contributed by atoms with Gasteiger partial charge in [0.2, 0.25) is 5.82 Å². The zero-order valence-electron chi connectivity index (χ0n) is 10.7. The molecule has 0 aromatic carbocycles. The highest BCUT2D eigenvalue weighted by atomic mass is 16.6. The summed E-state index contributed by atoms with van der Waals surface area (Å²) >= 11 is 0. The van der Waals surface area contributed by atoms with Crippen LogP contribution in [0.2, 0.25) is 0 Å². The average molecular weight is 266 g/mol. The van der Waals surface area contributed by atoms with E-state index in [1.165, 1.54) is 12.1 Å². The molecule has 1 aliphatic heterocycles. The van der Waals surface area contributed by atoms with Crippen molar-refractivity contribution in [2.75, 3.05) is 23.8 Å². The molecule has 0 spiro atoms. The Labute approximate surface area is 111 Å². The van der Waals surface area contributed by atoms with Gasteiger partial charge in [-0.1, -0.05) is 0 Å². The smallest absolute Gasteiger partial charge is 0.311 e. The highest BCUT2D eigenvalue weighted by Gasteiger charge is 2.30. The predicted octanol–water partition coefficient (Wildman–Crippen LogP) is 1.31. The van der Waals surface area contributed by atoms with Crippen molar-refractivity contribution in [2.45, 2.75) is 31.7 Å². The molecule has 1 aromatic heterocycles. The number of aliphatic hydroxyl groups is 1. The number of nitrogens with zero attached hydrogens (tertiary/aromatic N) is 3. The van der Waals surface area contributed by atoms with Gasteiger partial charge in [-0.05, 0) is 31.7 Å². The molecule has 1 aliphatic rings. The summed E-state index contributed by atoms with van der Waals surface area (Å²) in [5.74, 6) is 0.638. The lowest BCUT2D eigenvalue weighted by molar-refractivity contribution is -0.384. The number of hydrogen-bond donors (Lipinski definition) is 2. The van der Waals surface area contributed by atoms with Crippen LogP contribution in [0.1, 0.15) is 25.7 Å². The van der Waals surface area contributed by atoms with Crippen LogP contribution in [0.4, 0.5) is 17.3 Å². The second-order valence-corrected chi connectivity index (χ2v) is 4.69. The van der Waals surface area contributed by atoms with Gasteiger partial charge in [-0.3, -0.25) is 10.1 Å². The van der Waals surface area contributed by atoms with Crippen molar-refractivity contribution in [3.63, 3.8) is 0 Å². The van der Waals surface area contributed by atoms with Crippen molar-refractivity contribution in [2.24, 2.45) is 0 Å². The van der Waals surface area contributed by atoms with Gasteiger partial charge in [-0.15, -0.1) is 0 Å². The summed E-state index contributed by atoms with van der Waals surface area (Å²) in [4.78, 5) is 16.7. The minimum absolute atomic E-state index is 0.00917. The number of aliphatic hydroxyl groups excluding tert-OH is 1. The normalized spacial score (nSPS) is 18.8. The van der Waals surface area contributed by atoms with E-state index in [9.17, 15) is 10.1 Å². The molecule has 0 bridgehead atoms. The molecule has 0 saturated carbocycles. The summed E-state index contributed by atoms with van der Waals surface area (Å²) in [7, 11) is 0. The number of nitro groups is 1. The Bertz CT molecular complexity index is 466. The second kappa shape index (κ2) is 5.83. The van der Waals surface area contributed by atoms with Gasteiger partial charge in [-0.2, -0.15) is 0 Å². The van der Waals surface area contributed by atoms with E-state index in [2.05, 4.69) is 4.98 Å². The van der Waals surface area contributed by atoms with E-state index in [1.54, 1.807) is 0 Å². The molecular formula is C12H18N4O3. The minimum atomic E-state index is -0.427. The number of nitrogen functional groups attached to an aromatic ring is 1. The number of rotatable bonds is 5. The lowest BCUT2D eigenvalue weighted by Gasteiger charge is -2.25. The van der Waals surface area contributed by atoms with Gasteiger partial charge >= 0.3 is 5.69 Å². The molecule has 7 heteroatoms. The molecule has 1 unspecified atom stereocenters. The zero-order valence-corrected chi connectivity index (χ0v) is 10.7. The highest BCUT2D eigenvalue weighted by molar-refractivity contribution is 5.62. The third-order valence-corrected chi connectivity index (χ3v) is 3.42. The van der Waals surface area contributed by atoms with E-state index < -0.39 is 4.92 Å². The van der Waals surface area contributed by atoms with Crippen LogP contribution in [0.25, 0.3) is 0 Å².